The summed E-state index contributed by atoms with van der Waals surface area (Å²) >= 11 is 0. The number of ether oxygens (including phenoxy) is 4. The van der Waals surface area contributed by atoms with Gasteiger partial charge in [0.05, 0.1) is 13.2 Å². The van der Waals surface area contributed by atoms with E-state index in [0.717, 1.165) is 44.9 Å². The smallest absolute Gasteiger partial charge is 0.306 e. The Bertz CT molecular complexity index is 883. The van der Waals surface area contributed by atoms with E-state index < -0.39 is 49.4 Å². The molecule has 0 bridgehead atoms. The van der Waals surface area contributed by atoms with Gasteiger partial charge in [-0.15, -0.1) is 6.58 Å². The zero-order valence-electron chi connectivity index (χ0n) is 34.3. The Labute approximate surface area is 329 Å². The van der Waals surface area contributed by atoms with Crippen molar-refractivity contribution in [2.75, 3.05) is 19.8 Å². The van der Waals surface area contributed by atoms with Crippen LogP contribution in [0.25, 0.3) is 0 Å². The fraction of sp³-hybridized carbons (Fsp3) is 0.909. The summed E-state index contributed by atoms with van der Waals surface area (Å²) in [5, 5.41) is 40.0. The van der Waals surface area contributed by atoms with E-state index in [1.807, 2.05) is 6.08 Å². The number of aliphatic hydroxyl groups is 4. The standard InChI is InChI=1S/C44H82O10/c1-3-5-7-9-11-13-15-17-19-21-22-24-26-28-30-32-39(46)51-35-37(36-52-44-43(50)42(49)41(48)38(34-45)54-44)53-40(47)33-31-29-27-25-23-20-18-16-14-12-10-8-6-4-2/h3,37-38,41-45,48-50H,1,4-36H2,2H3/t37-,38-,41+,42?,43?,44-/m0/s1. The van der Waals surface area contributed by atoms with Gasteiger partial charge in [0, 0.05) is 12.8 Å². The summed E-state index contributed by atoms with van der Waals surface area (Å²) in [4.78, 5) is 25.3. The Balaban J connectivity index is 2.31. The van der Waals surface area contributed by atoms with Crippen LogP contribution in [-0.4, -0.2) is 89.0 Å². The summed E-state index contributed by atoms with van der Waals surface area (Å²) in [6.45, 7) is 4.96. The minimum absolute atomic E-state index is 0.213. The van der Waals surface area contributed by atoms with E-state index in [9.17, 15) is 30.0 Å². The molecule has 0 aromatic rings. The molecule has 4 N–H and O–H groups in total. The van der Waals surface area contributed by atoms with Crippen molar-refractivity contribution in [2.24, 2.45) is 0 Å². The Morgan fingerprint density at radius 2 is 1.02 bits per heavy atom. The second kappa shape index (κ2) is 35.8. The van der Waals surface area contributed by atoms with E-state index in [4.69, 9.17) is 18.9 Å². The molecule has 6 atom stereocenters. The number of aliphatic hydroxyl groups excluding tert-OH is 4. The summed E-state index contributed by atoms with van der Waals surface area (Å²) in [7, 11) is 0. The Kier molecular flexibility index (Phi) is 33.5. The highest BCUT2D eigenvalue weighted by molar-refractivity contribution is 5.70. The van der Waals surface area contributed by atoms with Gasteiger partial charge in [0.15, 0.2) is 12.4 Å². The largest absolute Gasteiger partial charge is 0.462 e. The van der Waals surface area contributed by atoms with Gasteiger partial charge >= 0.3 is 11.9 Å². The first-order valence-electron chi connectivity index (χ1n) is 22.2. The number of allylic oxidation sites excluding steroid dienone is 1. The van der Waals surface area contributed by atoms with Gasteiger partial charge < -0.3 is 39.4 Å². The number of unbranched alkanes of at least 4 members (excludes halogenated alkanes) is 26. The monoisotopic (exact) mass is 771 g/mol. The molecule has 1 rings (SSSR count). The van der Waals surface area contributed by atoms with Crippen molar-refractivity contribution >= 4 is 11.9 Å². The topological polar surface area (TPSA) is 152 Å². The Hall–Kier alpha value is -1.56. The van der Waals surface area contributed by atoms with E-state index >= 15 is 0 Å². The van der Waals surface area contributed by atoms with E-state index in [2.05, 4.69) is 13.5 Å². The number of rotatable bonds is 38. The van der Waals surface area contributed by atoms with E-state index in [1.54, 1.807) is 0 Å². The van der Waals surface area contributed by atoms with Crippen molar-refractivity contribution < 1.29 is 49.0 Å². The normalized spacial score (nSPS) is 20.5. The van der Waals surface area contributed by atoms with Crippen molar-refractivity contribution in [1.82, 2.24) is 0 Å². The number of carbonyl (C=O) groups excluding carboxylic acids is 2. The van der Waals surface area contributed by atoms with Gasteiger partial charge in [0.2, 0.25) is 0 Å². The lowest BCUT2D eigenvalue weighted by Crippen LogP contribution is -2.59. The Morgan fingerprint density at radius 3 is 1.46 bits per heavy atom. The number of hydrogen-bond donors (Lipinski definition) is 4. The molecule has 0 aromatic heterocycles. The van der Waals surface area contributed by atoms with Crippen LogP contribution in [0.4, 0.5) is 0 Å². The number of esters is 2. The van der Waals surface area contributed by atoms with Crippen molar-refractivity contribution in [3.8, 4) is 0 Å². The molecule has 0 radical (unpaired) electrons. The first-order chi connectivity index (χ1) is 26.3. The average molecular weight is 771 g/mol. The second-order valence-electron chi connectivity index (χ2n) is 15.6. The number of carbonyl (C=O) groups is 2. The van der Waals surface area contributed by atoms with Gasteiger partial charge in [-0.1, -0.05) is 167 Å². The summed E-state index contributed by atoms with van der Waals surface area (Å²) < 4.78 is 22.2. The van der Waals surface area contributed by atoms with Gasteiger partial charge in [-0.3, -0.25) is 9.59 Å². The van der Waals surface area contributed by atoms with Crippen LogP contribution in [0.3, 0.4) is 0 Å². The maximum atomic E-state index is 12.7. The van der Waals surface area contributed by atoms with Crippen molar-refractivity contribution in [3.05, 3.63) is 12.7 Å². The fourth-order valence-electron chi connectivity index (χ4n) is 6.99. The number of hydrogen-bond acceptors (Lipinski definition) is 10. The summed E-state index contributed by atoms with van der Waals surface area (Å²) in [6.07, 6.45) is 28.2. The summed E-state index contributed by atoms with van der Waals surface area (Å²) in [5.41, 5.74) is 0. The van der Waals surface area contributed by atoms with Crippen LogP contribution in [-0.2, 0) is 28.5 Å². The molecule has 1 aliphatic rings. The molecule has 10 heteroatoms. The molecular weight excluding hydrogens is 688 g/mol. The molecule has 0 saturated carbocycles. The minimum atomic E-state index is -1.59. The third-order valence-corrected chi connectivity index (χ3v) is 10.5. The molecule has 54 heavy (non-hydrogen) atoms. The highest BCUT2D eigenvalue weighted by Gasteiger charge is 2.44. The van der Waals surface area contributed by atoms with Crippen LogP contribution in [0, 0.1) is 0 Å². The lowest BCUT2D eigenvalue weighted by atomic mass is 9.99. The van der Waals surface area contributed by atoms with Crippen molar-refractivity contribution in [3.63, 3.8) is 0 Å². The zero-order valence-corrected chi connectivity index (χ0v) is 34.3. The molecule has 10 nitrogen and oxygen atoms in total. The quantitative estimate of drug-likeness (QED) is 0.0272. The zero-order chi connectivity index (χ0) is 39.5. The van der Waals surface area contributed by atoms with Crippen LogP contribution >= 0.6 is 0 Å². The highest BCUT2D eigenvalue weighted by atomic mass is 16.7. The molecule has 0 amide bonds. The van der Waals surface area contributed by atoms with Crippen molar-refractivity contribution in [2.45, 2.75) is 236 Å². The van der Waals surface area contributed by atoms with Gasteiger partial charge in [-0.05, 0) is 25.7 Å². The molecule has 0 aromatic carbocycles. The SMILES string of the molecule is C=CCCCCCCCCCCCCCCCC(=O)OC[C@@H](CO[C@H]1O[C@@H](CO)[C@@H](O)C(O)C1O)OC(=O)CCCCCCCCCCCCCCCC. The lowest BCUT2D eigenvalue weighted by Gasteiger charge is -2.39. The van der Waals surface area contributed by atoms with E-state index in [1.165, 1.54) is 128 Å². The Morgan fingerprint density at radius 1 is 0.593 bits per heavy atom. The maximum Gasteiger partial charge on any atom is 0.306 e. The van der Waals surface area contributed by atoms with Crippen molar-refractivity contribution in [1.29, 1.82) is 0 Å². The fourth-order valence-corrected chi connectivity index (χ4v) is 6.99. The first kappa shape index (κ1) is 50.5. The van der Waals surface area contributed by atoms with E-state index in [0.29, 0.717) is 6.42 Å². The maximum absolute atomic E-state index is 12.7. The van der Waals surface area contributed by atoms with Gasteiger partial charge in [-0.2, -0.15) is 0 Å². The molecule has 0 spiro atoms. The molecular formula is C44H82O10. The molecule has 318 valence electrons. The summed E-state index contributed by atoms with van der Waals surface area (Å²) in [6, 6.07) is 0. The van der Waals surface area contributed by atoms with Gasteiger partial charge in [0.25, 0.3) is 0 Å². The predicted octanol–water partition coefficient (Wildman–Crippen LogP) is 9.17. The van der Waals surface area contributed by atoms with Gasteiger partial charge in [-0.25, -0.2) is 0 Å². The summed E-state index contributed by atoms with van der Waals surface area (Å²) in [5.74, 6) is -0.799. The van der Waals surface area contributed by atoms with Crippen LogP contribution in [0.5, 0.6) is 0 Å². The molecule has 1 saturated heterocycles. The third-order valence-electron chi connectivity index (χ3n) is 10.5. The van der Waals surface area contributed by atoms with Crippen LogP contribution < -0.4 is 0 Å². The van der Waals surface area contributed by atoms with Crippen LogP contribution in [0.2, 0.25) is 0 Å². The lowest BCUT2D eigenvalue weighted by molar-refractivity contribution is -0.305. The van der Waals surface area contributed by atoms with Gasteiger partial charge in [0.1, 0.15) is 31.0 Å². The third kappa shape index (κ3) is 27.1. The van der Waals surface area contributed by atoms with E-state index in [-0.39, 0.29) is 32.0 Å². The highest BCUT2D eigenvalue weighted by Crippen LogP contribution is 2.23. The predicted molar refractivity (Wildman–Crippen MR) is 215 cm³/mol. The molecule has 2 unspecified atom stereocenters. The minimum Gasteiger partial charge on any atom is -0.462 e. The average Bonchev–Trinajstić information content (AvgIpc) is 3.17. The molecule has 1 fully saturated rings. The molecule has 0 aliphatic carbocycles. The molecule has 1 heterocycles. The van der Waals surface area contributed by atoms with Crippen LogP contribution in [0.15, 0.2) is 12.7 Å². The first-order valence-corrected chi connectivity index (χ1v) is 22.2. The van der Waals surface area contributed by atoms with Crippen LogP contribution in [0.1, 0.15) is 200 Å². The molecule has 1 aliphatic heterocycles. The second-order valence-corrected chi connectivity index (χ2v) is 15.6.